The van der Waals surface area contributed by atoms with Crippen molar-refractivity contribution >= 4 is 5.78 Å². The number of ketones is 1. The lowest BCUT2D eigenvalue weighted by molar-refractivity contribution is -0.149. The molecule has 20 heavy (non-hydrogen) atoms. The second-order valence-electron chi connectivity index (χ2n) is 6.14. The number of ether oxygens (including phenoxy) is 3. The summed E-state index contributed by atoms with van der Waals surface area (Å²) in [7, 11) is 1.57. The van der Waals surface area contributed by atoms with Crippen molar-refractivity contribution in [3.63, 3.8) is 0 Å². The summed E-state index contributed by atoms with van der Waals surface area (Å²) in [4.78, 5) is 12.4. The van der Waals surface area contributed by atoms with Gasteiger partial charge in [0.25, 0.3) is 0 Å². The SMILES string of the molecule is COc1cc(C2(C)OCCO2)ccc1C(=O)C(C)(C)C. The monoisotopic (exact) mass is 278 g/mol. The summed E-state index contributed by atoms with van der Waals surface area (Å²) in [5.41, 5.74) is 1.00. The van der Waals surface area contributed by atoms with Crippen LogP contribution >= 0.6 is 0 Å². The molecule has 4 heteroatoms. The van der Waals surface area contributed by atoms with Crippen LogP contribution in [0, 0.1) is 5.41 Å². The molecule has 0 atom stereocenters. The van der Waals surface area contributed by atoms with Gasteiger partial charge in [0.2, 0.25) is 0 Å². The fourth-order valence-electron chi connectivity index (χ4n) is 2.25. The number of methoxy groups -OCH3 is 1. The highest BCUT2D eigenvalue weighted by atomic mass is 16.7. The highest BCUT2D eigenvalue weighted by molar-refractivity contribution is 6.02. The van der Waals surface area contributed by atoms with E-state index in [1.807, 2.05) is 39.8 Å². The number of benzene rings is 1. The zero-order chi connectivity index (χ0) is 15.0. The number of carbonyl (C=O) groups excluding carboxylic acids is 1. The lowest BCUT2D eigenvalue weighted by Crippen LogP contribution is -2.24. The number of carbonyl (C=O) groups is 1. The summed E-state index contributed by atoms with van der Waals surface area (Å²) in [5.74, 6) is -0.140. The van der Waals surface area contributed by atoms with Gasteiger partial charge in [-0.05, 0) is 19.1 Å². The number of Topliss-reactive ketones (excluding diaryl/α,β-unsaturated/α-hetero) is 1. The van der Waals surface area contributed by atoms with Crippen molar-refractivity contribution in [2.45, 2.75) is 33.5 Å². The minimum Gasteiger partial charge on any atom is -0.496 e. The molecule has 0 aliphatic carbocycles. The van der Waals surface area contributed by atoms with Gasteiger partial charge in [-0.1, -0.05) is 26.8 Å². The molecule has 1 fully saturated rings. The summed E-state index contributed by atoms with van der Waals surface area (Å²) < 4.78 is 16.6. The Morgan fingerprint density at radius 1 is 1.25 bits per heavy atom. The van der Waals surface area contributed by atoms with Crippen LogP contribution < -0.4 is 4.74 Å². The molecule has 0 aromatic heterocycles. The Kier molecular flexibility index (Phi) is 3.89. The van der Waals surface area contributed by atoms with Gasteiger partial charge in [0, 0.05) is 11.0 Å². The summed E-state index contributed by atoms with van der Waals surface area (Å²) >= 11 is 0. The quantitative estimate of drug-likeness (QED) is 0.797. The van der Waals surface area contributed by atoms with Crippen molar-refractivity contribution in [2.24, 2.45) is 5.41 Å². The van der Waals surface area contributed by atoms with E-state index >= 15 is 0 Å². The Hall–Kier alpha value is -1.39. The molecule has 2 rings (SSSR count). The molecule has 0 N–H and O–H groups in total. The molecule has 1 aromatic carbocycles. The van der Waals surface area contributed by atoms with Crippen LogP contribution in [0.15, 0.2) is 18.2 Å². The first kappa shape index (κ1) is 15.0. The number of hydrogen-bond acceptors (Lipinski definition) is 4. The van der Waals surface area contributed by atoms with E-state index in [9.17, 15) is 4.79 Å². The Labute approximate surface area is 120 Å². The van der Waals surface area contributed by atoms with Crippen LogP contribution in [0.5, 0.6) is 5.75 Å². The molecule has 0 unspecified atom stereocenters. The van der Waals surface area contributed by atoms with Crippen molar-refractivity contribution in [3.8, 4) is 5.75 Å². The van der Waals surface area contributed by atoms with E-state index in [0.29, 0.717) is 24.5 Å². The Bertz CT molecular complexity index is 508. The van der Waals surface area contributed by atoms with Gasteiger partial charge in [0.15, 0.2) is 11.6 Å². The molecule has 0 spiro atoms. The van der Waals surface area contributed by atoms with Gasteiger partial charge >= 0.3 is 0 Å². The molecule has 0 saturated carbocycles. The van der Waals surface area contributed by atoms with Crippen LogP contribution in [0.4, 0.5) is 0 Å². The van der Waals surface area contributed by atoms with E-state index in [4.69, 9.17) is 14.2 Å². The highest BCUT2D eigenvalue weighted by Crippen LogP contribution is 2.35. The topological polar surface area (TPSA) is 44.8 Å². The first-order chi connectivity index (χ1) is 9.28. The largest absolute Gasteiger partial charge is 0.496 e. The summed E-state index contributed by atoms with van der Waals surface area (Å²) in [5, 5.41) is 0. The maximum absolute atomic E-state index is 12.4. The average molecular weight is 278 g/mol. The van der Waals surface area contributed by atoms with Crippen LogP contribution in [0.3, 0.4) is 0 Å². The molecule has 1 saturated heterocycles. The van der Waals surface area contributed by atoms with Crippen LogP contribution in [-0.4, -0.2) is 26.1 Å². The van der Waals surface area contributed by atoms with E-state index in [0.717, 1.165) is 5.56 Å². The van der Waals surface area contributed by atoms with Crippen LogP contribution in [0.25, 0.3) is 0 Å². The molecule has 110 valence electrons. The van der Waals surface area contributed by atoms with Crippen molar-refractivity contribution in [1.29, 1.82) is 0 Å². The second-order valence-corrected chi connectivity index (χ2v) is 6.14. The molecule has 1 aliphatic heterocycles. The van der Waals surface area contributed by atoms with Gasteiger partial charge in [0.05, 0.1) is 25.9 Å². The predicted molar refractivity (Wildman–Crippen MR) is 76.0 cm³/mol. The summed E-state index contributed by atoms with van der Waals surface area (Å²) in [6.07, 6.45) is 0. The Morgan fingerprint density at radius 3 is 2.35 bits per heavy atom. The van der Waals surface area contributed by atoms with Gasteiger partial charge in [-0.2, -0.15) is 0 Å². The van der Waals surface area contributed by atoms with Gasteiger partial charge in [-0.25, -0.2) is 0 Å². The van der Waals surface area contributed by atoms with Crippen LogP contribution in [0.1, 0.15) is 43.6 Å². The van der Waals surface area contributed by atoms with Gasteiger partial charge in [-0.15, -0.1) is 0 Å². The lowest BCUT2D eigenvalue weighted by atomic mass is 9.85. The van der Waals surface area contributed by atoms with E-state index < -0.39 is 11.2 Å². The van der Waals surface area contributed by atoms with E-state index in [2.05, 4.69) is 0 Å². The third-order valence-electron chi connectivity index (χ3n) is 3.49. The third kappa shape index (κ3) is 2.72. The normalized spacial score (nSPS) is 18.1. The maximum atomic E-state index is 12.4. The highest BCUT2D eigenvalue weighted by Gasteiger charge is 2.34. The van der Waals surface area contributed by atoms with Crippen molar-refractivity contribution in [3.05, 3.63) is 29.3 Å². The second kappa shape index (κ2) is 5.19. The van der Waals surface area contributed by atoms with Gasteiger partial charge in [0.1, 0.15) is 5.75 Å². The molecular formula is C16H22O4. The van der Waals surface area contributed by atoms with E-state index in [1.54, 1.807) is 13.2 Å². The molecule has 1 heterocycles. The average Bonchev–Trinajstić information content (AvgIpc) is 2.84. The van der Waals surface area contributed by atoms with Crippen molar-refractivity contribution in [1.82, 2.24) is 0 Å². The Balaban J connectivity index is 2.41. The number of rotatable bonds is 3. The standard InChI is InChI=1S/C16H22O4/c1-15(2,3)14(17)12-7-6-11(10-13(12)18-5)16(4)19-8-9-20-16/h6-7,10H,8-9H2,1-5H3. The molecule has 0 radical (unpaired) electrons. The number of hydrogen-bond donors (Lipinski definition) is 0. The minimum atomic E-state index is -0.753. The lowest BCUT2D eigenvalue weighted by Gasteiger charge is -2.25. The minimum absolute atomic E-state index is 0.0549. The summed E-state index contributed by atoms with van der Waals surface area (Å²) in [6, 6.07) is 5.48. The molecular weight excluding hydrogens is 256 g/mol. The Morgan fingerprint density at radius 2 is 1.85 bits per heavy atom. The van der Waals surface area contributed by atoms with Gasteiger partial charge < -0.3 is 14.2 Å². The molecule has 0 amide bonds. The zero-order valence-corrected chi connectivity index (χ0v) is 12.8. The van der Waals surface area contributed by atoms with E-state index in [1.165, 1.54) is 0 Å². The maximum Gasteiger partial charge on any atom is 0.192 e. The zero-order valence-electron chi connectivity index (χ0n) is 12.8. The smallest absolute Gasteiger partial charge is 0.192 e. The fourth-order valence-corrected chi connectivity index (χ4v) is 2.25. The van der Waals surface area contributed by atoms with Crippen molar-refractivity contribution < 1.29 is 19.0 Å². The molecule has 0 bridgehead atoms. The van der Waals surface area contributed by atoms with Crippen LogP contribution in [-0.2, 0) is 15.3 Å². The van der Waals surface area contributed by atoms with Crippen LogP contribution in [0.2, 0.25) is 0 Å². The van der Waals surface area contributed by atoms with Gasteiger partial charge in [-0.3, -0.25) is 4.79 Å². The predicted octanol–water partition coefficient (Wildman–Crippen LogP) is 3.14. The third-order valence-corrected chi connectivity index (χ3v) is 3.49. The fraction of sp³-hybridized carbons (Fsp3) is 0.562. The molecule has 1 aliphatic rings. The first-order valence-electron chi connectivity index (χ1n) is 6.79. The molecule has 4 nitrogen and oxygen atoms in total. The first-order valence-corrected chi connectivity index (χ1v) is 6.79. The summed E-state index contributed by atoms with van der Waals surface area (Å²) in [6.45, 7) is 8.70. The van der Waals surface area contributed by atoms with Crippen molar-refractivity contribution in [2.75, 3.05) is 20.3 Å². The van der Waals surface area contributed by atoms with E-state index in [-0.39, 0.29) is 5.78 Å². The molecule has 1 aromatic rings.